The molecule has 98 valence electrons. The SMILES string of the molecule is Cc1nc2ncccc2cc1C(=O)Nc1ccccc1. The fourth-order valence-corrected chi connectivity index (χ4v) is 2.04. The van der Waals surface area contributed by atoms with Crippen molar-refractivity contribution in [2.45, 2.75) is 6.92 Å². The van der Waals surface area contributed by atoms with E-state index in [1.807, 2.05) is 55.5 Å². The first-order chi connectivity index (χ1) is 9.74. The maximum atomic E-state index is 12.3. The first-order valence-electron chi connectivity index (χ1n) is 6.33. The van der Waals surface area contributed by atoms with Crippen molar-refractivity contribution in [1.29, 1.82) is 0 Å². The summed E-state index contributed by atoms with van der Waals surface area (Å²) in [7, 11) is 0. The maximum absolute atomic E-state index is 12.3. The summed E-state index contributed by atoms with van der Waals surface area (Å²) in [5.41, 5.74) is 2.66. The third-order valence-corrected chi connectivity index (χ3v) is 3.06. The standard InChI is InChI=1S/C16H13N3O/c1-11-14(10-12-6-5-9-17-15(12)18-11)16(20)19-13-7-3-2-4-8-13/h2-10H,1H3,(H,19,20). The van der Waals surface area contributed by atoms with Crippen LogP contribution in [0.4, 0.5) is 5.69 Å². The molecule has 0 saturated carbocycles. The molecule has 4 nitrogen and oxygen atoms in total. The number of rotatable bonds is 2. The van der Waals surface area contributed by atoms with Crippen LogP contribution in [0.25, 0.3) is 11.0 Å². The molecule has 0 bridgehead atoms. The number of anilines is 1. The molecule has 0 aliphatic heterocycles. The molecule has 3 aromatic rings. The van der Waals surface area contributed by atoms with Crippen LogP contribution in [0.2, 0.25) is 0 Å². The van der Waals surface area contributed by atoms with Gasteiger partial charge in [0.25, 0.3) is 5.91 Å². The monoisotopic (exact) mass is 263 g/mol. The lowest BCUT2D eigenvalue weighted by atomic mass is 10.1. The quantitative estimate of drug-likeness (QED) is 0.772. The lowest BCUT2D eigenvalue weighted by molar-refractivity contribution is 0.102. The van der Waals surface area contributed by atoms with Crippen LogP contribution in [0.15, 0.2) is 54.7 Å². The van der Waals surface area contributed by atoms with E-state index in [4.69, 9.17) is 0 Å². The Bertz CT molecular complexity index is 769. The number of nitrogens with zero attached hydrogens (tertiary/aromatic N) is 2. The second-order valence-electron chi connectivity index (χ2n) is 4.49. The first kappa shape index (κ1) is 12.3. The zero-order chi connectivity index (χ0) is 13.9. The molecule has 1 amide bonds. The lowest BCUT2D eigenvalue weighted by Gasteiger charge is -2.08. The molecular weight excluding hydrogens is 250 g/mol. The first-order valence-corrected chi connectivity index (χ1v) is 6.33. The van der Waals surface area contributed by atoms with Crippen LogP contribution in [-0.4, -0.2) is 15.9 Å². The van der Waals surface area contributed by atoms with Crippen molar-refractivity contribution < 1.29 is 4.79 Å². The number of nitrogens with one attached hydrogen (secondary N) is 1. The summed E-state index contributed by atoms with van der Waals surface area (Å²) in [6.07, 6.45) is 1.69. The van der Waals surface area contributed by atoms with Gasteiger partial charge in [0.1, 0.15) is 0 Å². The maximum Gasteiger partial charge on any atom is 0.257 e. The van der Waals surface area contributed by atoms with E-state index in [2.05, 4.69) is 15.3 Å². The van der Waals surface area contributed by atoms with Gasteiger partial charge >= 0.3 is 0 Å². The average molecular weight is 263 g/mol. The molecule has 0 aliphatic rings. The van der Waals surface area contributed by atoms with E-state index in [1.165, 1.54) is 0 Å². The summed E-state index contributed by atoms with van der Waals surface area (Å²) in [6, 6.07) is 14.9. The largest absolute Gasteiger partial charge is 0.322 e. The van der Waals surface area contributed by atoms with Gasteiger partial charge in [-0.25, -0.2) is 9.97 Å². The van der Waals surface area contributed by atoms with Gasteiger partial charge in [-0.05, 0) is 37.3 Å². The highest BCUT2D eigenvalue weighted by atomic mass is 16.1. The van der Waals surface area contributed by atoms with Crippen molar-refractivity contribution in [3.8, 4) is 0 Å². The minimum Gasteiger partial charge on any atom is -0.322 e. The Morgan fingerprint density at radius 2 is 1.90 bits per heavy atom. The van der Waals surface area contributed by atoms with Crippen LogP contribution in [0.3, 0.4) is 0 Å². The van der Waals surface area contributed by atoms with Crippen molar-refractivity contribution in [2.24, 2.45) is 0 Å². The van der Waals surface area contributed by atoms with Gasteiger partial charge in [-0.2, -0.15) is 0 Å². The van der Waals surface area contributed by atoms with Gasteiger partial charge in [0, 0.05) is 17.3 Å². The van der Waals surface area contributed by atoms with Gasteiger partial charge in [-0.1, -0.05) is 18.2 Å². The molecule has 0 aliphatic carbocycles. The zero-order valence-corrected chi connectivity index (χ0v) is 11.0. The summed E-state index contributed by atoms with van der Waals surface area (Å²) in [4.78, 5) is 20.9. The number of amides is 1. The number of aromatic nitrogens is 2. The summed E-state index contributed by atoms with van der Waals surface area (Å²) in [6.45, 7) is 1.81. The molecule has 4 heteroatoms. The van der Waals surface area contributed by atoms with Crippen molar-refractivity contribution in [3.05, 3.63) is 66.0 Å². The van der Waals surface area contributed by atoms with E-state index in [-0.39, 0.29) is 5.91 Å². The van der Waals surface area contributed by atoms with E-state index in [1.54, 1.807) is 6.20 Å². The smallest absolute Gasteiger partial charge is 0.257 e. The normalized spacial score (nSPS) is 10.4. The Labute approximate surface area is 116 Å². The number of aryl methyl sites for hydroxylation is 1. The Balaban J connectivity index is 1.97. The van der Waals surface area contributed by atoms with Gasteiger partial charge in [0.05, 0.1) is 11.3 Å². The third kappa shape index (κ3) is 2.36. The average Bonchev–Trinajstić information content (AvgIpc) is 2.47. The molecule has 0 spiro atoms. The highest BCUT2D eigenvalue weighted by Crippen LogP contribution is 2.16. The summed E-state index contributed by atoms with van der Waals surface area (Å²) in [5, 5.41) is 3.72. The lowest BCUT2D eigenvalue weighted by Crippen LogP contribution is -2.14. The molecule has 1 N–H and O–H groups in total. The topological polar surface area (TPSA) is 54.9 Å². The number of para-hydroxylation sites is 1. The van der Waals surface area contributed by atoms with Crippen LogP contribution < -0.4 is 5.32 Å². The number of hydrogen-bond acceptors (Lipinski definition) is 3. The second kappa shape index (κ2) is 5.09. The number of carbonyl (C=O) groups is 1. The van der Waals surface area contributed by atoms with E-state index in [0.717, 1.165) is 11.1 Å². The summed E-state index contributed by atoms with van der Waals surface area (Å²) < 4.78 is 0. The van der Waals surface area contributed by atoms with Crippen LogP contribution in [-0.2, 0) is 0 Å². The summed E-state index contributed by atoms with van der Waals surface area (Å²) >= 11 is 0. The van der Waals surface area contributed by atoms with E-state index < -0.39 is 0 Å². The fraction of sp³-hybridized carbons (Fsp3) is 0.0625. The molecule has 2 aromatic heterocycles. The van der Waals surface area contributed by atoms with Gasteiger partial charge in [-0.15, -0.1) is 0 Å². The summed E-state index contributed by atoms with van der Waals surface area (Å²) in [5.74, 6) is -0.160. The van der Waals surface area contributed by atoms with Gasteiger partial charge in [0.2, 0.25) is 0 Å². The van der Waals surface area contributed by atoms with Crippen LogP contribution in [0.1, 0.15) is 16.1 Å². The molecule has 2 heterocycles. The Hall–Kier alpha value is -2.75. The number of pyridine rings is 2. The van der Waals surface area contributed by atoms with E-state index >= 15 is 0 Å². The molecule has 3 rings (SSSR count). The van der Waals surface area contributed by atoms with Crippen LogP contribution >= 0.6 is 0 Å². The van der Waals surface area contributed by atoms with Gasteiger partial charge in [0.15, 0.2) is 5.65 Å². The minimum atomic E-state index is -0.160. The van der Waals surface area contributed by atoms with E-state index in [0.29, 0.717) is 16.9 Å². The second-order valence-corrected chi connectivity index (χ2v) is 4.49. The molecule has 0 fully saturated rings. The van der Waals surface area contributed by atoms with Crippen molar-refractivity contribution >= 4 is 22.6 Å². The van der Waals surface area contributed by atoms with Crippen molar-refractivity contribution in [2.75, 3.05) is 5.32 Å². The predicted octanol–water partition coefficient (Wildman–Crippen LogP) is 3.19. The zero-order valence-electron chi connectivity index (χ0n) is 11.0. The Kier molecular flexibility index (Phi) is 3.13. The minimum absolute atomic E-state index is 0.160. The molecule has 0 atom stereocenters. The molecule has 1 aromatic carbocycles. The highest BCUT2D eigenvalue weighted by Gasteiger charge is 2.12. The molecule has 0 unspecified atom stereocenters. The number of benzene rings is 1. The third-order valence-electron chi connectivity index (χ3n) is 3.06. The number of hydrogen-bond donors (Lipinski definition) is 1. The van der Waals surface area contributed by atoms with E-state index in [9.17, 15) is 4.79 Å². The van der Waals surface area contributed by atoms with Crippen molar-refractivity contribution in [1.82, 2.24) is 9.97 Å². The van der Waals surface area contributed by atoms with Gasteiger partial charge < -0.3 is 5.32 Å². The predicted molar refractivity (Wildman–Crippen MR) is 78.7 cm³/mol. The fourth-order valence-electron chi connectivity index (χ4n) is 2.04. The molecule has 20 heavy (non-hydrogen) atoms. The number of fused-ring (bicyclic) bond motifs is 1. The number of carbonyl (C=O) groups excluding carboxylic acids is 1. The Morgan fingerprint density at radius 1 is 1.10 bits per heavy atom. The highest BCUT2D eigenvalue weighted by molar-refractivity contribution is 6.06. The Morgan fingerprint density at radius 3 is 2.70 bits per heavy atom. The molecular formula is C16H13N3O. The van der Waals surface area contributed by atoms with Crippen LogP contribution in [0, 0.1) is 6.92 Å². The van der Waals surface area contributed by atoms with Crippen LogP contribution in [0.5, 0.6) is 0 Å². The van der Waals surface area contributed by atoms with Crippen molar-refractivity contribution in [3.63, 3.8) is 0 Å². The molecule has 0 radical (unpaired) electrons. The van der Waals surface area contributed by atoms with Gasteiger partial charge in [-0.3, -0.25) is 4.79 Å². The molecule has 0 saturated heterocycles.